The van der Waals surface area contributed by atoms with Gasteiger partial charge in [0, 0.05) is 57.6 Å². The summed E-state index contributed by atoms with van der Waals surface area (Å²) in [5.74, 6) is 1.85. The number of fused-ring (bicyclic) bond motifs is 1. The van der Waals surface area contributed by atoms with E-state index in [-0.39, 0.29) is 12.1 Å². The minimum absolute atomic E-state index is 0.0851. The molecule has 1 aliphatic rings. The lowest BCUT2D eigenvalue weighted by atomic mass is 10.1. The van der Waals surface area contributed by atoms with Crippen molar-refractivity contribution < 1.29 is 19.1 Å². The molecule has 0 saturated carbocycles. The maximum Gasteiger partial charge on any atom is 0.326 e. The molecular formula is C26H40N7O4P. The average molecular weight is 546 g/mol. The van der Waals surface area contributed by atoms with E-state index in [1.54, 1.807) is 7.11 Å². The topological polar surface area (TPSA) is 142 Å². The number of piperazine rings is 1. The van der Waals surface area contributed by atoms with E-state index >= 15 is 0 Å². The zero-order chi connectivity index (χ0) is 27.1. The van der Waals surface area contributed by atoms with Gasteiger partial charge in [-0.1, -0.05) is 31.9 Å². The molecule has 2 aromatic heterocycles. The van der Waals surface area contributed by atoms with Gasteiger partial charge in [-0.25, -0.2) is 4.98 Å². The smallest absolute Gasteiger partial charge is 0.326 e. The first-order valence-corrected chi connectivity index (χ1v) is 15.1. The van der Waals surface area contributed by atoms with E-state index in [0.29, 0.717) is 13.1 Å². The van der Waals surface area contributed by atoms with Crippen molar-refractivity contribution in [3.05, 3.63) is 41.6 Å². The molecule has 1 fully saturated rings. The van der Waals surface area contributed by atoms with Crippen LogP contribution in [-0.4, -0.2) is 86.7 Å². The van der Waals surface area contributed by atoms with E-state index in [1.807, 2.05) is 12.3 Å². The van der Waals surface area contributed by atoms with Gasteiger partial charge in [0.2, 0.25) is 5.95 Å². The van der Waals surface area contributed by atoms with Gasteiger partial charge in [0.1, 0.15) is 11.3 Å². The molecule has 0 unspecified atom stereocenters. The number of nitrogens with zero attached hydrogens (tertiary/aromatic N) is 5. The van der Waals surface area contributed by atoms with E-state index < -0.39 is 7.60 Å². The summed E-state index contributed by atoms with van der Waals surface area (Å²) < 4.78 is 19.1. The van der Waals surface area contributed by atoms with E-state index in [0.717, 1.165) is 86.7 Å². The molecule has 3 aromatic rings. The second kappa shape index (κ2) is 12.9. The number of aromatic nitrogens is 3. The number of hydrogen-bond donors (Lipinski definition) is 4. The molecule has 0 amide bonds. The van der Waals surface area contributed by atoms with Crippen molar-refractivity contribution in [1.29, 1.82) is 0 Å². The van der Waals surface area contributed by atoms with Gasteiger partial charge in [-0.05, 0) is 24.1 Å². The fourth-order valence-electron chi connectivity index (χ4n) is 4.86. The fourth-order valence-corrected chi connectivity index (χ4v) is 5.41. The Morgan fingerprint density at radius 1 is 1.08 bits per heavy atom. The Balaban J connectivity index is 1.42. The van der Waals surface area contributed by atoms with Crippen LogP contribution in [0.3, 0.4) is 0 Å². The number of rotatable bonds is 13. The second-order valence-electron chi connectivity index (χ2n) is 9.89. The molecule has 1 aliphatic heterocycles. The number of nitrogens with two attached hydrogens (primary N) is 1. The minimum atomic E-state index is -3.95. The van der Waals surface area contributed by atoms with Gasteiger partial charge in [0.05, 0.1) is 25.3 Å². The van der Waals surface area contributed by atoms with Crippen LogP contribution < -0.4 is 15.8 Å². The van der Waals surface area contributed by atoms with Gasteiger partial charge < -0.3 is 35.0 Å². The van der Waals surface area contributed by atoms with Gasteiger partial charge in [0.25, 0.3) is 0 Å². The van der Waals surface area contributed by atoms with Crippen molar-refractivity contribution >= 4 is 30.4 Å². The Morgan fingerprint density at radius 3 is 2.55 bits per heavy atom. The molecule has 1 saturated heterocycles. The molecule has 208 valence electrons. The monoisotopic (exact) mass is 545 g/mol. The second-order valence-corrected chi connectivity index (χ2v) is 11.7. The van der Waals surface area contributed by atoms with E-state index in [2.05, 4.69) is 54.8 Å². The molecule has 12 heteroatoms. The van der Waals surface area contributed by atoms with Crippen LogP contribution in [0.2, 0.25) is 0 Å². The Kier molecular flexibility index (Phi) is 9.62. The zero-order valence-corrected chi connectivity index (χ0v) is 23.2. The lowest BCUT2D eigenvalue weighted by Crippen LogP contribution is -2.46. The highest BCUT2D eigenvalue weighted by molar-refractivity contribution is 7.51. The minimum Gasteiger partial charge on any atom is -0.496 e. The number of unbranched alkanes of at least 4 members (excludes halogenated alkanes) is 2. The predicted octanol–water partition coefficient (Wildman–Crippen LogP) is 2.97. The number of hydrogen-bond acceptors (Lipinski definition) is 8. The Bertz CT molecular complexity index is 1250. The highest BCUT2D eigenvalue weighted by atomic mass is 31.2. The quantitative estimate of drug-likeness (QED) is 0.187. The summed E-state index contributed by atoms with van der Waals surface area (Å²) in [6, 6.07) is 8.31. The number of methoxy groups -OCH3 is 1. The van der Waals surface area contributed by atoms with Crippen molar-refractivity contribution in [3.8, 4) is 5.75 Å². The summed E-state index contributed by atoms with van der Waals surface area (Å²) in [5, 5.41) is 3.45. The van der Waals surface area contributed by atoms with E-state index in [4.69, 9.17) is 20.3 Å². The average Bonchev–Trinajstić information content (AvgIpc) is 3.28. The first-order valence-electron chi connectivity index (χ1n) is 13.3. The Morgan fingerprint density at radius 2 is 1.84 bits per heavy atom. The Labute approximate surface area is 224 Å². The molecule has 0 spiro atoms. The fraction of sp³-hybridized carbons (Fsp3) is 0.538. The highest BCUT2D eigenvalue weighted by Gasteiger charge is 2.21. The Hall–Kier alpha value is -2.69. The molecule has 0 radical (unpaired) electrons. The summed E-state index contributed by atoms with van der Waals surface area (Å²) in [7, 11) is -2.26. The van der Waals surface area contributed by atoms with Crippen molar-refractivity contribution in [3.63, 3.8) is 0 Å². The van der Waals surface area contributed by atoms with Crippen LogP contribution in [0, 0.1) is 0 Å². The summed E-state index contributed by atoms with van der Waals surface area (Å²) in [5.41, 5.74) is 9.93. The van der Waals surface area contributed by atoms with E-state index in [1.165, 1.54) is 5.56 Å². The molecule has 1 aromatic carbocycles. The van der Waals surface area contributed by atoms with Gasteiger partial charge >= 0.3 is 7.60 Å². The van der Waals surface area contributed by atoms with Crippen LogP contribution in [-0.2, 0) is 17.7 Å². The first kappa shape index (κ1) is 28.3. The van der Waals surface area contributed by atoms with Crippen LogP contribution in [0.5, 0.6) is 5.75 Å². The third-order valence-electron chi connectivity index (χ3n) is 6.97. The van der Waals surface area contributed by atoms with Crippen LogP contribution in [0.15, 0.2) is 30.5 Å². The normalized spacial score (nSPS) is 15.3. The molecule has 5 N–H and O–H groups in total. The van der Waals surface area contributed by atoms with Gasteiger partial charge in [-0.2, -0.15) is 4.98 Å². The largest absolute Gasteiger partial charge is 0.496 e. The number of benzene rings is 1. The predicted molar refractivity (Wildman–Crippen MR) is 151 cm³/mol. The van der Waals surface area contributed by atoms with Gasteiger partial charge in [0.15, 0.2) is 5.82 Å². The van der Waals surface area contributed by atoms with Crippen molar-refractivity contribution in [2.75, 3.05) is 63.6 Å². The molecule has 38 heavy (non-hydrogen) atoms. The summed E-state index contributed by atoms with van der Waals surface area (Å²) in [6.07, 6.45) is 5.31. The molecular weight excluding hydrogens is 505 g/mol. The van der Waals surface area contributed by atoms with Crippen LogP contribution in [0.1, 0.15) is 37.3 Å². The third kappa shape index (κ3) is 7.68. The van der Waals surface area contributed by atoms with Crippen LogP contribution in [0.4, 0.5) is 11.8 Å². The lowest BCUT2D eigenvalue weighted by Gasteiger charge is -2.34. The first-order chi connectivity index (χ1) is 18.3. The third-order valence-corrected chi connectivity index (χ3v) is 7.75. The number of nitrogen functional groups attached to an aromatic ring is 1. The number of ether oxygens (including phenoxy) is 1. The van der Waals surface area contributed by atoms with E-state index in [9.17, 15) is 4.57 Å². The summed E-state index contributed by atoms with van der Waals surface area (Å²) >= 11 is 0. The SMILES string of the molecule is CCCCCNc1nc(N)nc2ccn(Cc3ccc(CN4CCN(CCP(=O)(O)O)CC4)cc3OC)c12. The maximum atomic E-state index is 11.2. The standard InChI is InChI=1S/C26H40N7O4P/c1-3-4-5-9-28-25-24-22(29-26(27)30-25)8-10-33(24)19-21-7-6-20(17-23(21)37-2)18-32-13-11-31(12-14-32)15-16-38(34,35)36/h6-8,10,17H,3-5,9,11-16,18-19H2,1-2H3,(H2,34,35,36)(H3,27,28,29,30). The van der Waals surface area contributed by atoms with Crippen molar-refractivity contribution in [2.45, 2.75) is 39.3 Å². The van der Waals surface area contributed by atoms with Crippen LogP contribution in [0.25, 0.3) is 11.0 Å². The molecule has 0 bridgehead atoms. The molecule has 4 rings (SSSR count). The molecule has 3 heterocycles. The van der Waals surface area contributed by atoms with Gasteiger partial charge in [-0.3, -0.25) is 9.46 Å². The zero-order valence-electron chi connectivity index (χ0n) is 22.3. The molecule has 0 aliphatic carbocycles. The lowest BCUT2D eigenvalue weighted by molar-refractivity contribution is 0.131. The van der Waals surface area contributed by atoms with Crippen molar-refractivity contribution in [2.24, 2.45) is 0 Å². The summed E-state index contributed by atoms with van der Waals surface area (Å²) in [4.78, 5) is 31.6. The summed E-state index contributed by atoms with van der Waals surface area (Å²) in [6.45, 7) is 8.19. The molecule has 11 nitrogen and oxygen atoms in total. The van der Waals surface area contributed by atoms with Crippen molar-refractivity contribution in [1.82, 2.24) is 24.3 Å². The van der Waals surface area contributed by atoms with Gasteiger partial charge in [-0.15, -0.1) is 0 Å². The van der Waals surface area contributed by atoms with Crippen LogP contribution >= 0.6 is 7.60 Å². The number of anilines is 2. The highest BCUT2D eigenvalue weighted by Crippen LogP contribution is 2.33. The number of nitrogens with one attached hydrogen (secondary N) is 1. The maximum absolute atomic E-state index is 11.2. The molecule has 0 atom stereocenters.